The van der Waals surface area contributed by atoms with Gasteiger partial charge in [0.1, 0.15) is 0 Å². The van der Waals surface area contributed by atoms with Crippen molar-refractivity contribution < 1.29 is 9.90 Å². The molecule has 0 aliphatic carbocycles. The summed E-state index contributed by atoms with van der Waals surface area (Å²) < 4.78 is 0. The van der Waals surface area contributed by atoms with Crippen LogP contribution in [-0.4, -0.2) is 30.7 Å². The number of nitrogens with one attached hydrogen (secondary N) is 1. The molecule has 0 amide bonds. The summed E-state index contributed by atoms with van der Waals surface area (Å²) in [6, 6.07) is 17.3. The van der Waals surface area contributed by atoms with E-state index in [-0.39, 0.29) is 18.8 Å². The van der Waals surface area contributed by atoms with E-state index in [0.29, 0.717) is 6.54 Å². The normalized spacial score (nSPS) is 12.6. The zero-order valence-corrected chi connectivity index (χ0v) is 15.1. The predicted octanol–water partition coefficient (Wildman–Crippen LogP) is 3.80. The van der Waals surface area contributed by atoms with Crippen LogP contribution in [0.3, 0.4) is 0 Å². The standard InChI is InChI=1S/C20H24N2O2.ClH/c23-20(24)12-14-21-13-5-15-22-18-8-3-1-6-16(18)10-11-17-7-2-4-9-19(17)22;/h1-4,6-9,21H,5,10-15H2,(H,23,24);1H. The maximum absolute atomic E-state index is 10.5. The summed E-state index contributed by atoms with van der Waals surface area (Å²) in [6.07, 6.45) is 3.29. The number of carbonyl (C=O) groups is 1. The highest BCUT2D eigenvalue weighted by atomic mass is 35.5. The number of nitrogens with zero attached hydrogens (tertiary/aromatic N) is 1. The van der Waals surface area contributed by atoms with E-state index >= 15 is 0 Å². The number of halogens is 1. The fraction of sp³-hybridized carbons (Fsp3) is 0.350. The molecular formula is C20H25ClN2O2. The molecule has 0 saturated carbocycles. The fourth-order valence-corrected chi connectivity index (χ4v) is 3.29. The van der Waals surface area contributed by atoms with E-state index in [4.69, 9.17) is 5.11 Å². The molecule has 2 aromatic rings. The van der Waals surface area contributed by atoms with Gasteiger partial charge in [-0.25, -0.2) is 0 Å². The van der Waals surface area contributed by atoms with Gasteiger partial charge in [0.2, 0.25) is 0 Å². The van der Waals surface area contributed by atoms with Gasteiger partial charge in [-0.1, -0.05) is 36.4 Å². The Hall–Kier alpha value is -2.04. The van der Waals surface area contributed by atoms with Crippen molar-refractivity contribution in [1.29, 1.82) is 0 Å². The first-order valence-electron chi connectivity index (χ1n) is 8.61. The Morgan fingerprint density at radius 3 is 2.08 bits per heavy atom. The SMILES string of the molecule is Cl.O=C(O)CCNCCCN1c2ccccc2CCc2ccccc21. The number of carboxylic acid groups (broad SMARTS) is 1. The minimum atomic E-state index is -0.752. The molecule has 5 heteroatoms. The number of carboxylic acids is 1. The summed E-state index contributed by atoms with van der Waals surface area (Å²) in [5.41, 5.74) is 5.39. The van der Waals surface area contributed by atoms with Crippen LogP contribution >= 0.6 is 12.4 Å². The molecular weight excluding hydrogens is 336 g/mol. The molecule has 4 nitrogen and oxygen atoms in total. The van der Waals surface area contributed by atoms with Gasteiger partial charge in [-0.2, -0.15) is 0 Å². The van der Waals surface area contributed by atoms with Crippen molar-refractivity contribution >= 4 is 29.8 Å². The van der Waals surface area contributed by atoms with E-state index in [1.807, 2.05) is 0 Å². The largest absolute Gasteiger partial charge is 0.481 e. The van der Waals surface area contributed by atoms with Gasteiger partial charge in [0.25, 0.3) is 0 Å². The molecule has 0 radical (unpaired) electrons. The average molecular weight is 361 g/mol. The number of aryl methyl sites for hydroxylation is 2. The van der Waals surface area contributed by atoms with E-state index in [9.17, 15) is 4.79 Å². The first-order chi connectivity index (χ1) is 11.8. The van der Waals surface area contributed by atoms with Crippen LogP contribution in [-0.2, 0) is 17.6 Å². The molecule has 0 bridgehead atoms. The summed E-state index contributed by atoms with van der Waals surface area (Å²) in [5, 5.41) is 11.9. The minimum absolute atomic E-state index is 0. The summed E-state index contributed by atoms with van der Waals surface area (Å²) in [5.74, 6) is -0.752. The molecule has 134 valence electrons. The Balaban J connectivity index is 0.00000225. The van der Waals surface area contributed by atoms with E-state index in [2.05, 4.69) is 58.7 Å². The van der Waals surface area contributed by atoms with Crippen LogP contribution in [0.4, 0.5) is 11.4 Å². The molecule has 2 aromatic carbocycles. The van der Waals surface area contributed by atoms with Crippen LogP contribution in [0.1, 0.15) is 24.0 Å². The number of para-hydroxylation sites is 2. The van der Waals surface area contributed by atoms with Crippen LogP contribution < -0.4 is 10.2 Å². The Morgan fingerprint density at radius 1 is 0.960 bits per heavy atom. The van der Waals surface area contributed by atoms with Crippen molar-refractivity contribution in [2.75, 3.05) is 24.5 Å². The fourth-order valence-electron chi connectivity index (χ4n) is 3.29. The van der Waals surface area contributed by atoms with Gasteiger partial charge in [-0.15, -0.1) is 12.4 Å². The summed E-state index contributed by atoms with van der Waals surface area (Å²) >= 11 is 0. The molecule has 0 saturated heterocycles. The maximum Gasteiger partial charge on any atom is 0.304 e. The minimum Gasteiger partial charge on any atom is -0.481 e. The van der Waals surface area contributed by atoms with E-state index in [1.54, 1.807) is 0 Å². The number of rotatable bonds is 7. The topological polar surface area (TPSA) is 52.6 Å². The van der Waals surface area contributed by atoms with Gasteiger partial charge in [-0.3, -0.25) is 4.79 Å². The first-order valence-corrected chi connectivity index (χ1v) is 8.61. The maximum atomic E-state index is 10.5. The van der Waals surface area contributed by atoms with E-state index in [0.717, 1.165) is 32.4 Å². The van der Waals surface area contributed by atoms with Crippen molar-refractivity contribution in [3.63, 3.8) is 0 Å². The second-order valence-corrected chi connectivity index (χ2v) is 6.16. The summed E-state index contributed by atoms with van der Waals surface area (Å²) in [7, 11) is 0. The molecule has 0 atom stereocenters. The summed E-state index contributed by atoms with van der Waals surface area (Å²) in [4.78, 5) is 13.0. The lowest BCUT2D eigenvalue weighted by atomic mass is 10.0. The van der Waals surface area contributed by atoms with Crippen molar-refractivity contribution in [1.82, 2.24) is 5.32 Å². The molecule has 25 heavy (non-hydrogen) atoms. The number of hydrogen-bond acceptors (Lipinski definition) is 3. The zero-order chi connectivity index (χ0) is 16.8. The zero-order valence-electron chi connectivity index (χ0n) is 14.3. The second-order valence-electron chi connectivity index (χ2n) is 6.16. The van der Waals surface area contributed by atoms with Crippen molar-refractivity contribution in [2.24, 2.45) is 0 Å². The lowest BCUT2D eigenvalue weighted by molar-refractivity contribution is -0.136. The molecule has 1 aliphatic heterocycles. The quantitative estimate of drug-likeness (QED) is 0.737. The van der Waals surface area contributed by atoms with Crippen LogP contribution in [0.5, 0.6) is 0 Å². The monoisotopic (exact) mass is 360 g/mol. The number of hydrogen-bond donors (Lipinski definition) is 2. The van der Waals surface area contributed by atoms with Crippen molar-refractivity contribution in [3.05, 3.63) is 59.7 Å². The molecule has 0 unspecified atom stereocenters. The van der Waals surface area contributed by atoms with Crippen molar-refractivity contribution in [2.45, 2.75) is 25.7 Å². The molecule has 1 heterocycles. The van der Waals surface area contributed by atoms with Crippen LogP contribution in [0.15, 0.2) is 48.5 Å². The molecule has 2 N–H and O–H groups in total. The highest BCUT2D eigenvalue weighted by Gasteiger charge is 2.19. The Bertz CT molecular complexity index is 658. The number of aliphatic carboxylic acids is 1. The smallest absolute Gasteiger partial charge is 0.304 e. The molecule has 0 fully saturated rings. The molecule has 0 spiro atoms. The predicted molar refractivity (Wildman–Crippen MR) is 104 cm³/mol. The van der Waals surface area contributed by atoms with Crippen LogP contribution in [0, 0.1) is 0 Å². The summed E-state index contributed by atoms with van der Waals surface area (Å²) in [6.45, 7) is 2.28. The third kappa shape index (κ3) is 4.97. The Kier molecular flexibility index (Phi) is 7.29. The average Bonchev–Trinajstić information content (AvgIpc) is 2.75. The van der Waals surface area contributed by atoms with Gasteiger partial charge in [-0.05, 0) is 49.1 Å². The van der Waals surface area contributed by atoms with Gasteiger partial charge < -0.3 is 15.3 Å². The van der Waals surface area contributed by atoms with Gasteiger partial charge in [0.05, 0.1) is 6.42 Å². The van der Waals surface area contributed by atoms with E-state index in [1.165, 1.54) is 22.5 Å². The molecule has 1 aliphatic rings. The highest BCUT2D eigenvalue weighted by Crippen LogP contribution is 2.35. The lowest BCUT2D eigenvalue weighted by Crippen LogP contribution is -2.25. The number of anilines is 2. The Labute approximate surface area is 155 Å². The van der Waals surface area contributed by atoms with Gasteiger partial charge in [0, 0.05) is 24.5 Å². The van der Waals surface area contributed by atoms with Crippen LogP contribution in [0.2, 0.25) is 0 Å². The van der Waals surface area contributed by atoms with Crippen molar-refractivity contribution in [3.8, 4) is 0 Å². The molecule has 0 aromatic heterocycles. The third-order valence-electron chi connectivity index (χ3n) is 4.48. The third-order valence-corrected chi connectivity index (χ3v) is 4.48. The first kappa shape index (κ1) is 19.3. The Morgan fingerprint density at radius 2 is 1.52 bits per heavy atom. The highest BCUT2D eigenvalue weighted by molar-refractivity contribution is 5.85. The number of benzene rings is 2. The van der Waals surface area contributed by atoms with Gasteiger partial charge >= 0.3 is 5.97 Å². The second kappa shape index (κ2) is 9.44. The molecule has 3 rings (SSSR count). The van der Waals surface area contributed by atoms with Gasteiger partial charge in [0.15, 0.2) is 0 Å². The lowest BCUT2D eigenvalue weighted by Gasteiger charge is -2.27. The number of fused-ring (bicyclic) bond motifs is 2. The van der Waals surface area contributed by atoms with E-state index < -0.39 is 5.97 Å². The van der Waals surface area contributed by atoms with Crippen LogP contribution in [0.25, 0.3) is 0 Å².